The fraction of sp³-hybridized carbons (Fsp3) is 0.310. The zero-order chi connectivity index (χ0) is 29.2. The molecular weight excluding hydrogens is 600 g/mol. The summed E-state index contributed by atoms with van der Waals surface area (Å²) in [6.45, 7) is 2.24. The first-order valence-electron chi connectivity index (χ1n) is 12.9. The van der Waals surface area contributed by atoms with Gasteiger partial charge in [0.2, 0.25) is 0 Å². The topological polar surface area (TPSA) is 57.7 Å². The van der Waals surface area contributed by atoms with Gasteiger partial charge in [0.25, 0.3) is 0 Å². The zero-order valence-corrected chi connectivity index (χ0v) is 24.0. The third kappa shape index (κ3) is 6.92. The van der Waals surface area contributed by atoms with Gasteiger partial charge in [0.05, 0.1) is 10.7 Å². The van der Waals surface area contributed by atoms with E-state index in [-0.39, 0.29) is 34.7 Å². The standard InChI is InChI=1S/C29H26Cl3F3N4O2/c30-21-5-3-19(4-6-21)2-1-13-38-14-10-28(11-15-38)18-39(27(40)37-17-20-9-12-36-24(32)16-20)26-22(31)7-8-23(25(26)28)41-29(33,34)35/h1-9,12,16H,10-11,13-15,17-18H2,(H,37,40). The minimum Gasteiger partial charge on any atom is -0.405 e. The van der Waals surface area contributed by atoms with E-state index in [1.54, 1.807) is 12.1 Å². The van der Waals surface area contributed by atoms with Crippen LogP contribution in [0.5, 0.6) is 5.75 Å². The second-order valence-corrected chi connectivity index (χ2v) is 11.3. The van der Waals surface area contributed by atoms with Crippen LogP contribution in [0.15, 0.2) is 60.8 Å². The minimum atomic E-state index is -4.90. The first kappa shape index (κ1) is 29.5. The van der Waals surface area contributed by atoms with E-state index in [9.17, 15) is 18.0 Å². The molecule has 0 saturated carbocycles. The molecule has 3 heterocycles. The van der Waals surface area contributed by atoms with Crippen molar-refractivity contribution in [3.63, 3.8) is 0 Å². The Morgan fingerprint density at radius 1 is 1.07 bits per heavy atom. The van der Waals surface area contributed by atoms with Crippen molar-refractivity contribution in [2.24, 2.45) is 0 Å². The lowest BCUT2D eigenvalue weighted by Crippen LogP contribution is -2.47. The maximum Gasteiger partial charge on any atom is 0.573 e. The number of benzene rings is 2. The molecule has 12 heteroatoms. The molecule has 1 aromatic heterocycles. The maximum absolute atomic E-state index is 13.4. The molecular formula is C29H26Cl3F3N4O2. The van der Waals surface area contributed by atoms with Crippen LogP contribution in [0.4, 0.5) is 23.7 Å². The minimum absolute atomic E-state index is 0.157. The highest BCUT2D eigenvalue weighted by molar-refractivity contribution is 6.34. The molecule has 5 rings (SSSR count). The van der Waals surface area contributed by atoms with Gasteiger partial charge in [0.15, 0.2) is 0 Å². The van der Waals surface area contributed by atoms with E-state index in [2.05, 4.69) is 19.9 Å². The zero-order valence-electron chi connectivity index (χ0n) is 21.7. The number of hydrogen-bond acceptors (Lipinski definition) is 4. The number of nitrogens with zero attached hydrogens (tertiary/aromatic N) is 3. The van der Waals surface area contributed by atoms with Gasteiger partial charge in [0.1, 0.15) is 10.9 Å². The van der Waals surface area contributed by atoms with Crippen LogP contribution in [0.3, 0.4) is 0 Å². The Morgan fingerprint density at radius 3 is 2.49 bits per heavy atom. The van der Waals surface area contributed by atoms with Gasteiger partial charge in [-0.05, 0) is 73.5 Å². The molecule has 2 aromatic carbocycles. The van der Waals surface area contributed by atoms with E-state index >= 15 is 0 Å². The van der Waals surface area contributed by atoms with Gasteiger partial charge in [-0.25, -0.2) is 9.78 Å². The molecule has 0 unspecified atom stereocenters. The monoisotopic (exact) mass is 624 g/mol. The molecule has 0 atom stereocenters. The Morgan fingerprint density at radius 2 is 1.80 bits per heavy atom. The largest absolute Gasteiger partial charge is 0.573 e. The average molecular weight is 626 g/mol. The summed E-state index contributed by atoms with van der Waals surface area (Å²) in [6, 6.07) is 12.9. The van der Waals surface area contributed by atoms with Crippen molar-refractivity contribution >= 4 is 52.6 Å². The first-order chi connectivity index (χ1) is 19.5. The molecule has 216 valence electrons. The number of nitrogens with one attached hydrogen (secondary N) is 1. The van der Waals surface area contributed by atoms with E-state index < -0.39 is 17.8 Å². The second-order valence-electron chi connectivity index (χ2n) is 10.1. The van der Waals surface area contributed by atoms with Crippen molar-refractivity contribution in [2.75, 3.05) is 31.1 Å². The molecule has 1 spiro atoms. The van der Waals surface area contributed by atoms with Gasteiger partial charge in [-0.15, -0.1) is 13.2 Å². The number of fused-ring (bicyclic) bond motifs is 2. The summed E-state index contributed by atoms with van der Waals surface area (Å²) in [5.74, 6) is -0.329. The van der Waals surface area contributed by atoms with E-state index in [0.29, 0.717) is 43.1 Å². The molecule has 3 aromatic rings. The van der Waals surface area contributed by atoms with E-state index in [1.165, 1.54) is 23.2 Å². The third-order valence-corrected chi connectivity index (χ3v) is 8.18. The van der Waals surface area contributed by atoms with Crippen LogP contribution in [-0.4, -0.2) is 48.5 Å². The number of carbonyl (C=O) groups excluding carboxylic acids is 1. The van der Waals surface area contributed by atoms with Crippen molar-refractivity contribution < 1.29 is 22.7 Å². The van der Waals surface area contributed by atoms with Crippen LogP contribution < -0.4 is 15.0 Å². The number of alkyl halides is 3. The van der Waals surface area contributed by atoms with Crippen LogP contribution in [-0.2, 0) is 12.0 Å². The van der Waals surface area contributed by atoms with Crippen molar-refractivity contribution in [3.05, 3.63) is 92.7 Å². The summed E-state index contributed by atoms with van der Waals surface area (Å²) < 4.78 is 44.8. The summed E-state index contributed by atoms with van der Waals surface area (Å²) in [5, 5.41) is 3.97. The second kappa shape index (κ2) is 12.1. The molecule has 1 fully saturated rings. The van der Waals surface area contributed by atoms with E-state index in [0.717, 1.165) is 11.1 Å². The van der Waals surface area contributed by atoms with Crippen LogP contribution in [0.2, 0.25) is 15.2 Å². The summed E-state index contributed by atoms with van der Waals surface area (Å²) in [7, 11) is 0. The summed E-state index contributed by atoms with van der Waals surface area (Å²) >= 11 is 18.5. The van der Waals surface area contributed by atoms with Crippen molar-refractivity contribution in [3.8, 4) is 5.75 Å². The van der Waals surface area contributed by atoms with Crippen molar-refractivity contribution in [2.45, 2.75) is 31.2 Å². The number of anilines is 1. The van der Waals surface area contributed by atoms with Gasteiger partial charge in [-0.1, -0.05) is 59.1 Å². The van der Waals surface area contributed by atoms with Crippen LogP contribution in [0.1, 0.15) is 29.5 Å². The Labute approximate surface area is 250 Å². The maximum atomic E-state index is 13.4. The highest BCUT2D eigenvalue weighted by atomic mass is 35.5. The van der Waals surface area contributed by atoms with Crippen LogP contribution in [0, 0.1) is 0 Å². The fourth-order valence-corrected chi connectivity index (χ4v) is 6.06. The van der Waals surface area contributed by atoms with Crippen LogP contribution >= 0.6 is 34.8 Å². The number of pyridine rings is 1. The number of amides is 2. The average Bonchev–Trinajstić information content (AvgIpc) is 3.26. The normalized spacial score (nSPS) is 16.8. The van der Waals surface area contributed by atoms with Crippen LogP contribution in [0.25, 0.3) is 6.08 Å². The molecule has 0 bridgehead atoms. The number of ether oxygens (including phenoxy) is 1. The van der Waals surface area contributed by atoms with Gasteiger partial charge >= 0.3 is 12.4 Å². The predicted octanol–water partition coefficient (Wildman–Crippen LogP) is 7.72. The van der Waals surface area contributed by atoms with E-state index in [4.69, 9.17) is 34.8 Å². The Kier molecular flexibility index (Phi) is 8.70. The number of piperidine rings is 1. The van der Waals surface area contributed by atoms with Crippen molar-refractivity contribution in [1.82, 2.24) is 15.2 Å². The van der Waals surface area contributed by atoms with Gasteiger partial charge in [-0.3, -0.25) is 9.80 Å². The lowest BCUT2D eigenvalue weighted by Gasteiger charge is -2.40. The summed E-state index contributed by atoms with van der Waals surface area (Å²) in [4.78, 5) is 21.0. The molecule has 1 saturated heterocycles. The summed E-state index contributed by atoms with van der Waals surface area (Å²) in [6.07, 6.45) is 1.72. The molecule has 0 radical (unpaired) electrons. The summed E-state index contributed by atoms with van der Waals surface area (Å²) in [5.41, 5.74) is 1.56. The molecule has 1 N–H and O–H groups in total. The third-order valence-electron chi connectivity index (χ3n) is 7.41. The highest BCUT2D eigenvalue weighted by Crippen LogP contribution is 2.54. The number of likely N-dealkylation sites (tertiary alicyclic amines) is 1. The molecule has 41 heavy (non-hydrogen) atoms. The smallest absolute Gasteiger partial charge is 0.405 e. The molecule has 2 aliphatic heterocycles. The lowest BCUT2D eigenvalue weighted by atomic mass is 9.74. The molecule has 6 nitrogen and oxygen atoms in total. The Balaban J connectivity index is 1.36. The Bertz CT molecular complexity index is 1440. The highest BCUT2D eigenvalue weighted by Gasteiger charge is 2.50. The van der Waals surface area contributed by atoms with Gasteiger partial charge in [-0.2, -0.15) is 0 Å². The number of aromatic nitrogens is 1. The number of urea groups is 1. The fourth-order valence-electron chi connectivity index (χ4n) is 5.48. The number of carbonyl (C=O) groups is 1. The SMILES string of the molecule is O=C(NCc1ccnc(Cl)c1)N1CC2(CCN(CC=Cc3ccc(Cl)cc3)CC2)c2c(OC(F)(F)F)ccc(Cl)c21. The number of halogens is 6. The Hall–Kier alpha value is -2.98. The quantitative estimate of drug-likeness (QED) is 0.285. The molecule has 0 aliphatic carbocycles. The van der Waals surface area contributed by atoms with Crippen molar-refractivity contribution in [1.29, 1.82) is 0 Å². The van der Waals surface area contributed by atoms with Gasteiger partial charge in [0, 0.05) is 41.8 Å². The number of rotatable bonds is 6. The molecule has 2 aliphatic rings. The molecule has 2 amide bonds. The first-order valence-corrected chi connectivity index (χ1v) is 14.1. The van der Waals surface area contributed by atoms with E-state index in [1.807, 2.05) is 36.4 Å². The lowest BCUT2D eigenvalue weighted by molar-refractivity contribution is -0.275. The van der Waals surface area contributed by atoms with Gasteiger partial charge < -0.3 is 10.1 Å². The predicted molar refractivity (Wildman–Crippen MR) is 155 cm³/mol. The number of hydrogen-bond donors (Lipinski definition) is 1.